The van der Waals surface area contributed by atoms with Crippen LogP contribution in [0.1, 0.15) is 10.5 Å². The van der Waals surface area contributed by atoms with Crippen LogP contribution in [0, 0.1) is 0 Å². The summed E-state index contributed by atoms with van der Waals surface area (Å²) in [5.74, 6) is -0.681. The molecule has 1 amide bonds. The van der Waals surface area contributed by atoms with E-state index in [1.807, 2.05) is 5.43 Å². The summed E-state index contributed by atoms with van der Waals surface area (Å²) in [5.41, 5.74) is 1.92. The number of carbonyl (C=O) groups is 1. The number of nitrogens with one attached hydrogen (secondary N) is 3. The highest BCUT2D eigenvalue weighted by molar-refractivity contribution is 7.88. The molecule has 1 heterocycles. The molecular weight excluding hydrogens is 198 g/mol. The predicted molar refractivity (Wildman–Crippen MR) is 41.8 cm³/mol. The van der Waals surface area contributed by atoms with Gasteiger partial charge in [0.2, 0.25) is 10.0 Å². The van der Waals surface area contributed by atoms with Crippen molar-refractivity contribution >= 4 is 15.9 Å². The first-order valence-electron chi connectivity index (χ1n) is 3.12. The van der Waals surface area contributed by atoms with Gasteiger partial charge in [0.15, 0.2) is 5.69 Å². The topological polar surface area (TPSA) is 117 Å². The monoisotopic (exact) mass is 205 g/mol. The maximum atomic E-state index is 11.0. The Morgan fingerprint density at radius 1 is 1.62 bits per heavy atom. The molecule has 0 radical (unpaired) electrons. The third-order valence-corrected chi connectivity index (χ3v) is 1.47. The van der Waals surface area contributed by atoms with Gasteiger partial charge in [-0.25, -0.2) is 8.42 Å². The van der Waals surface area contributed by atoms with Gasteiger partial charge in [0.05, 0.1) is 12.5 Å². The predicted octanol–water partition coefficient (Wildman–Crippen LogP) is -2.00. The number of hydrogen-bond acceptors (Lipinski definition) is 5. The van der Waals surface area contributed by atoms with E-state index in [0.29, 0.717) is 0 Å². The van der Waals surface area contributed by atoms with Crippen molar-refractivity contribution in [2.45, 2.75) is 0 Å². The molecule has 1 rings (SSSR count). The average molecular weight is 205 g/mol. The fraction of sp³-hybridized carbons (Fsp3) is 0.250. The van der Waals surface area contributed by atoms with E-state index in [0.717, 1.165) is 6.26 Å². The van der Waals surface area contributed by atoms with Crippen LogP contribution in [-0.2, 0) is 10.0 Å². The van der Waals surface area contributed by atoms with Crippen LogP contribution in [0.2, 0.25) is 0 Å². The molecule has 0 aromatic carbocycles. The zero-order valence-corrected chi connectivity index (χ0v) is 7.42. The van der Waals surface area contributed by atoms with Gasteiger partial charge in [-0.3, -0.25) is 10.2 Å². The van der Waals surface area contributed by atoms with E-state index in [1.54, 1.807) is 4.83 Å². The maximum Gasteiger partial charge on any atom is 0.288 e. The van der Waals surface area contributed by atoms with Crippen molar-refractivity contribution in [3.05, 3.63) is 11.9 Å². The zero-order chi connectivity index (χ0) is 9.90. The summed E-state index contributed by atoms with van der Waals surface area (Å²) in [7, 11) is -3.45. The highest BCUT2D eigenvalue weighted by Crippen LogP contribution is 1.86. The molecular formula is C4H7N5O3S. The SMILES string of the molecule is CS(=O)(=O)NNC(=O)c1cn[nH]n1. The molecule has 0 aliphatic carbocycles. The normalized spacial score (nSPS) is 11.2. The fourth-order valence-corrected chi connectivity index (χ4v) is 0.792. The van der Waals surface area contributed by atoms with Crippen LogP contribution in [0.5, 0.6) is 0 Å². The Kier molecular flexibility index (Phi) is 2.58. The Morgan fingerprint density at radius 3 is 2.77 bits per heavy atom. The molecule has 0 spiro atoms. The third kappa shape index (κ3) is 3.17. The van der Waals surface area contributed by atoms with Crippen molar-refractivity contribution < 1.29 is 13.2 Å². The molecule has 8 nitrogen and oxygen atoms in total. The second kappa shape index (κ2) is 3.49. The van der Waals surface area contributed by atoms with Gasteiger partial charge in [0, 0.05) is 0 Å². The van der Waals surface area contributed by atoms with Crippen LogP contribution in [0.3, 0.4) is 0 Å². The van der Waals surface area contributed by atoms with E-state index in [2.05, 4.69) is 15.4 Å². The summed E-state index contributed by atoms with van der Waals surface area (Å²) in [4.78, 5) is 12.8. The highest BCUT2D eigenvalue weighted by atomic mass is 32.2. The van der Waals surface area contributed by atoms with Crippen LogP contribution in [-0.4, -0.2) is 36.0 Å². The van der Waals surface area contributed by atoms with Crippen LogP contribution < -0.4 is 10.3 Å². The van der Waals surface area contributed by atoms with Crippen molar-refractivity contribution in [3.8, 4) is 0 Å². The Balaban J connectivity index is 2.53. The van der Waals surface area contributed by atoms with Crippen molar-refractivity contribution in [2.75, 3.05) is 6.26 Å². The van der Waals surface area contributed by atoms with Gasteiger partial charge in [-0.05, 0) is 0 Å². The number of rotatable bonds is 3. The number of sulfonamides is 1. The van der Waals surface area contributed by atoms with Gasteiger partial charge in [0.1, 0.15) is 0 Å². The van der Waals surface area contributed by atoms with E-state index < -0.39 is 15.9 Å². The van der Waals surface area contributed by atoms with Crippen molar-refractivity contribution in [1.82, 2.24) is 25.7 Å². The van der Waals surface area contributed by atoms with Crippen LogP contribution in [0.4, 0.5) is 0 Å². The van der Waals surface area contributed by atoms with Crippen molar-refractivity contribution in [1.29, 1.82) is 0 Å². The minimum absolute atomic E-state index is 0.00356. The first-order valence-corrected chi connectivity index (χ1v) is 5.01. The van der Waals surface area contributed by atoms with E-state index in [4.69, 9.17) is 0 Å². The lowest BCUT2D eigenvalue weighted by molar-refractivity contribution is 0.0940. The maximum absolute atomic E-state index is 11.0. The second-order valence-electron chi connectivity index (χ2n) is 2.18. The van der Waals surface area contributed by atoms with Gasteiger partial charge in [0.25, 0.3) is 5.91 Å². The molecule has 0 saturated heterocycles. The lowest BCUT2D eigenvalue weighted by atomic mass is 10.5. The van der Waals surface area contributed by atoms with Crippen molar-refractivity contribution in [3.63, 3.8) is 0 Å². The third-order valence-electron chi connectivity index (χ3n) is 0.998. The van der Waals surface area contributed by atoms with E-state index in [9.17, 15) is 13.2 Å². The minimum Gasteiger partial charge on any atom is -0.272 e. The fourth-order valence-electron chi connectivity index (χ4n) is 0.514. The van der Waals surface area contributed by atoms with E-state index in [-0.39, 0.29) is 5.69 Å². The molecule has 0 fully saturated rings. The first-order chi connectivity index (χ1) is 5.99. The van der Waals surface area contributed by atoms with Crippen molar-refractivity contribution in [2.24, 2.45) is 0 Å². The number of hydrazine groups is 1. The summed E-state index contributed by atoms with van der Waals surface area (Å²) >= 11 is 0. The number of aromatic amines is 1. The zero-order valence-electron chi connectivity index (χ0n) is 6.60. The molecule has 13 heavy (non-hydrogen) atoms. The quantitative estimate of drug-likeness (QED) is 0.493. The molecule has 72 valence electrons. The van der Waals surface area contributed by atoms with E-state index in [1.165, 1.54) is 6.20 Å². The Morgan fingerprint density at radius 2 is 2.31 bits per heavy atom. The first kappa shape index (κ1) is 9.61. The summed E-state index contributed by atoms with van der Waals surface area (Å²) in [6.07, 6.45) is 2.08. The number of amides is 1. The lowest BCUT2D eigenvalue weighted by Gasteiger charge is -2.01. The number of H-pyrrole nitrogens is 1. The number of nitrogens with zero attached hydrogens (tertiary/aromatic N) is 2. The smallest absolute Gasteiger partial charge is 0.272 e. The van der Waals surface area contributed by atoms with Crippen LogP contribution >= 0.6 is 0 Å². The second-order valence-corrected chi connectivity index (χ2v) is 3.93. The van der Waals surface area contributed by atoms with Gasteiger partial charge >= 0.3 is 0 Å². The number of aromatic nitrogens is 3. The van der Waals surface area contributed by atoms with Crippen LogP contribution in [0.15, 0.2) is 6.20 Å². The summed E-state index contributed by atoms with van der Waals surface area (Å²) < 4.78 is 21.1. The standard InChI is InChI=1S/C4H7N5O3S/c1-13(11,12)9-7-4(10)3-2-5-8-6-3/h2,9H,1H3,(H,7,10)(H,5,6,8). The summed E-state index contributed by atoms with van der Waals surface area (Å²) in [6, 6.07) is 0. The highest BCUT2D eigenvalue weighted by Gasteiger charge is 2.09. The average Bonchev–Trinajstić information content (AvgIpc) is 2.50. The molecule has 1 aromatic rings. The molecule has 0 saturated carbocycles. The molecule has 0 unspecified atom stereocenters. The Labute approximate surface area is 73.7 Å². The lowest BCUT2D eigenvalue weighted by Crippen LogP contribution is -2.41. The Bertz CT molecular complexity index is 382. The molecule has 9 heteroatoms. The Hall–Kier alpha value is -1.48. The molecule has 0 aliphatic heterocycles. The minimum atomic E-state index is -3.45. The number of hydrogen-bond donors (Lipinski definition) is 3. The van der Waals surface area contributed by atoms with Gasteiger partial charge in [-0.2, -0.15) is 15.4 Å². The largest absolute Gasteiger partial charge is 0.288 e. The molecule has 0 atom stereocenters. The molecule has 0 aliphatic rings. The van der Waals surface area contributed by atoms with E-state index >= 15 is 0 Å². The molecule has 0 bridgehead atoms. The van der Waals surface area contributed by atoms with Gasteiger partial charge in [-0.15, -0.1) is 4.83 Å². The number of carbonyl (C=O) groups excluding carboxylic acids is 1. The summed E-state index contributed by atoms with van der Waals surface area (Å²) in [5, 5.41) is 9.02. The van der Waals surface area contributed by atoms with Gasteiger partial charge in [-0.1, -0.05) is 0 Å². The molecule has 1 aromatic heterocycles. The van der Waals surface area contributed by atoms with Crippen LogP contribution in [0.25, 0.3) is 0 Å². The van der Waals surface area contributed by atoms with Gasteiger partial charge < -0.3 is 0 Å². The summed E-state index contributed by atoms with van der Waals surface area (Å²) in [6.45, 7) is 0. The molecule has 3 N–H and O–H groups in total.